The molecule has 0 radical (unpaired) electrons. The van der Waals surface area contributed by atoms with Crippen molar-refractivity contribution < 1.29 is 37.0 Å². The third-order valence-electron chi connectivity index (χ3n) is 2.29. The molecule has 0 aromatic rings. The molecule has 1 saturated carbocycles. The monoisotopic (exact) mass is 242 g/mol. The van der Waals surface area contributed by atoms with Crippen molar-refractivity contribution in [2.45, 2.75) is 33.1 Å². The van der Waals surface area contributed by atoms with Crippen molar-refractivity contribution in [1.82, 2.24) is 0 Å². The van der Waals surface area contributed by atoms with E-state index in [2.05, 4.69) is 13.8 Å². The molecule has 2 unspecified atom stereocenters. The van der Waals surface area contributed by atoms with Gasteiger partial charge in [-0.3, -0.25) is 0 Å². The molecule has 0 heterocycles. The average molecular weight is 242 g/mol. The van der Waals surface area contributed by atoms with Gasteiger partial charge in [0.1, 0.15) is 0 Å². The molecule has 3 N–H and O–H groups in total. The SMILES string of the molecule is CC1CCCC1C.CO.CO.CO.[Ti]. The fourth-order valence-corrected chi connectivity index (χ4v) is 1.33. The van der Waals surface area contributed by atoms with E-state index >= 15 is 0 Å². The Morgan fingerprint density at radius 1 is 0.714 bits per heavy atom. The Balaban J connectivity index is -0.0000000625. The van der Waals surface area contributed by atoms with Gasteiger partial charge in [-0.2, -0.15) is 0 Å². The Morgan fingerprint density at radius 3 is 1.00 bits per heavy atom. The summed E-state index contributed by atoms with van der Waals surface area (Å²) in [5.74, 6) is 2.03. The van der Waals surface area contributed by atoms with Gasteiger partial charge < -0.3 is 15.3 Å². The molecule has 2 atom stereocenters. The number of hydrogen-bond acceptors (Lipinski definition) is 3. The minimum absolute atomic E-state index is 0. The molecule has 1 aliphatic rings. The Kier molecular flexibility index (Phi) is 40.2. The van der Waals surface area contributed by atoms with E-state index in [9.17, 15) is 0 Å². The second-order valence-corrected chi connectivity index (χ2v) is 2.89. The predicted molar refractivity (Wildman–Crippen MR) is 56.6 cm³/mol. The molecule has 0 aromatic heterocycles. The fourth-order valence-electron chi connectivity index (χ4n) is 1.33. The van der Waals surface area contributed by atoms with Crippen LogP contribution in [0.25, 0.3) is 0 Å². The van der Waals surface area contributed by atoms with Crippen LogP contribution in [0.5, 0.6) is 0 Å². The second-order valence-electron chi connectivity index (χ2n) is 2.89. The van der Waals surface area contributed by atoms with Gasteiger partial charge in [0.2, 0.25) is 0 Å². The van der Waals surface area contributed by atoms with Crippen molar-refractivity contribution in [3.05, 3.63) is 0 Å². The third kappa shape index (κ3) is 15.1. The summed E-state index contributed by atoms with van der Waals surface area (Å²) in [7, 11) is 3.00. The van der Waals surface area contributed by atoms with E-state index in [4.69, 9.17) is 15.3 Å². The van der Waals surface area contributed by atoms with Crippen molar-refractivity contribution in [2.24, 2.45) is 11.8 Å². The van der Waals surface area contributed by atoms with Crippen LogP contribution in [0.4, 0.5) is 0 Å². The van der Waals surface area contributed by atoms with Gasteiger partial charge in [0.15, 0.2) is 0 Å². The van der Waals surface area contributed by atoms with Gasteiger partial charge in [0.05, 0.1) is 0 Å². The normalized spacial score (nSPS) is 22.3. The zero-order valence-electron chi connectivity index (χ0n) is 10.1. The van der Waals surface area contributed by atoms with Crippen LogP contribution in [-0.4, -0.2) is 36.6 Å². The minimum atomic E-state index is 0. The molecule has 14 heavy (non-hydrogen) atoms. The van der Waals surface area contributed by atoms with Crippen LogP contribution in [0.2, 0.25) is 0 Å². The van der Waals surface area contributed by atoms with Crippen LogP contribution in [0.15, 0.2) is 0 Å². The van der Waals surface area contributed by atoms with Gasteiger partial charge in [-0.25, -0.2) is 0 Å². The molecule has 88 valence electrons. The molecule has 0 amide bonds. The summed E-state index contributed by atoms with van der Waals surface area (Å²) < 4.78 is 0. The van der Waals surface area contributed by atoms with Crippen LogP contribution in [0.1, 0.15) is 33.1 Å². The molecular formula is C10H26O3Ti. The minimum Gasteiger partial charge on any atom is -0.400 e. The zero-order valence-corrected chi connectivity index (χ0v) is 11.7. The number of hydrogen-bond donors (Lipinski definition) is 3. The van der Waals surface area contributed by atoms with Crippen LogP contribution in [0.3, 0.4) is 0 Å². The summed E-state index contributed by atoms with van der Waals surface area (Å²) in [6.07, 6.45) is 4.42. The molecule has 1 aliphatic carbocycles. The Bertz CT molecular complexity index is 64.4. The quantitative estimate of drug-likeness (QED) is 0.560. The summed E-state index contributed by atoms with van der Waals surface area (Å²) in [5.41, 5.74) is 0. The number of aliphatic hydroxyl groups excluding tert-OH is 3. The van der Waals surface area contributed by atoms with Crippen LogP contribution < -0.4 is 0 Å². The number of rotatable bonds is 0. The second kappa shape index (κ2) is 23.4. The maximum absolute atomic E-state index is 7.00. The third-order valence-corrected chi connectivity index (χ3v) is 2.29. The first kappa shape index (κ1) is 24.0. The van der Waals surface area contributed by atoms with E-state index in [0.29, 0.717) is 0 Å². The van der Waals surface area contributed by atoms with E-state index in [1.54, 1.807) is 0 Å². The maximum atomic E-state index is 7.00. The summed E-state index contributed by atoms with van der Waals surface area (Å²) in [6.45, 7) is 4.72. The van der Waals surface area contributed by atoms with Gasteiger partial charge in [0.25, 0.3) is 0 Å². The van der Waals surface area contributed by atoms with Crippen LogP contribution in [-0.2, 0) is 21.7 Å². The van der Waals surface area contributed by atoms with Crippen molar-refractivity contribution in [3.8, 4) is 0 Å². The summed E-state index contributed by atoms with van der Waals surface area (Å²) in [5, 5.41) is 21.0. The first-order valence-electron chi connectivity index (χ1n) is 4.65. The molecule has 3 nitrogen and oxygen atoms in total. The molecule has 0 aromatic carbocycles. The fraction of sp³-hybridized carbons (Fsp3) is 1.00. The molecule has 4 heteroatoms. The maximum Gasteiger partial charge on any atom is 0.0319 e. The molecule has 0 bridgehead atoms. The Morgan fingerprint density at radius 2 is 0.929 bits per heavy atom. The van der Waals surface area contributed by atoms with Gasteiger partial charge in [-0.15, -0.1) is 0 Å². The molecule has 0 aliphatic heterocycles. The van der Waals surface area contributed by atoms with Crippen LogP contribution >= 0.6 is 0 Å². The van der Waals surface area contributed by atoms with Crippen LogP contribution in [0, 0.1) is 11.8 Å². The van der Waals surface area contributed by atoms with Gasteiger partial charge in [-0.05, 0) is 11.8 Å². The Labute approximate surface area is 103 Å². The summed E-state index contributed by atoms with van der Waals surface area (Å²) in [6, 6.07) is 0. The first-order chi connectivity index (χ1) is 6.30. The van der Waals surface area contributed by atoms with Crippen molar-refractivity contribution in [1.29, 1.82) is 0 Å². The van der Waals surface area contributed by atoms with E-state index in [0.717, 1.165) is 33.2 Å². The molecule has 1 fully saturated rings. The Hall–Kier alpha value is 0.594. The van der Waals surface area contributed by atoms with Gasteiger partial charge in [0, 0.05) is 43.0 Å². The standard InChI is InChI=1S/C7H14.3CH4O.Ti/c1-6-4-3-5-7(6)2;3*1-2;/h6-7H,3-5H2,1-2H3;3*2H,1H3;. The largest absolute Gasteiger partial charge is 0.400 e. The van der Waals surface area contributed by atoms with Gasteiger partial charge >= 0.3 is 0 Å². The molecular weight excluding hydrogens is 216 g/mol. The average Bonchev–Trinajstić information content (AvgIpc) is 2.61. The van der Waals surface area contributed by atoms with E-state index in [1.807, 2.05) is 0 Å². The van der Waals surface area contributed by atoms with E-state index in [1.165, 1.54) is 19.3 Å². The molecule has 0 spiro atoms. The van der Waals surface area contributed by atoms with Gasteiger partial charge in [-0.1, -0.05) is 33.1 Å². The first-order valence-corrected chi connectivity index (χ1v) is 4.65. The topological polar surface area (TPSA) is 60.7 Å². The predicted octanol–water partition coefficient (Wildman–Crippen LogP) is 1.27. The molecule has 0 saturated heterocycles. The summed E-state index contributed by atoms with van der Waals surface area (Å²) in [4.78, 5) is 0. The van der Waals surface area contributed by atoms with Crippen molar-refractivity contribution >= 4 is 0 Å². The van der Waals surface area contributed by atoms with Crippen molar-refractivity contribution in [2.75, 3.05) is 21.3 Å². The number of aliphatic hydroxyl groups is 3. The zero-order chi connectivity index (χ0) is 11.3. The van der Waals surface area contributed by atoms with E-state index in [-0.39, 0.29) is 21.7 Å². The van der Waals surface area contributed by atoms with E-state index < -0.39 is 0 Å². The molecule has 1 rings (SSSR count). The van der Waals surface area contributed by atoms with Crippen molar-refractivity contribution in [3.63, 3.8) is 0 Å². The smallest absolute Gasteiger partial charge is 0.0319 e. The summed E-state index contributed by atoms with van der Waals surface area (Å²) >= 11 is 0.